The van der Waals surface area contributed by atoms with Crippen LogP contribution >= 0.6 is 0 Å². The Bertz CT molecular complexity index is 1030. The third kappa shape index (κ3) is 5.61. The average Bonchev–Trinajstić information content (AvgIpc) is 3.41. The standard InChI is InChI=1S/C27H35N5O4/c1-35-22-9-7-20(8-10-22)24-11-12-25(29-28-24)30-13-15-31(16-14-30)26(33)19-32(18-23-6-3-17-36-23)27(34)21-4-2-5-21/h7-12,21,23H,2-6,13-19H2,1H3. The number of carbonyl (C=O) groups is 2. The molecule has 0 spiro atoms. The van der Waals surface area contributed by atoms with E-state index in [9.17, 15) is 9.59 Å². The first-order valence-corrected chi connectivity index (χ1v) is 13.0. The van der Waals surface area contributed by atoms with Crippen LogP contribution in [0.25, 0.3) is 11.3 Å². The Kier molecular flexibility index (Phi) is 7.65. The van der Waals surface area contributed by atoms with Gasteiger partial charge in [-0.2, -0.15) is 0 Å². The van der Waals surface area contributed by atoms with Crippen LogP contribution in [0.3, 0.4) is 0 Å². The van der Waals surface area contributed by atoms with Crippen molar-refractivity contribution in [1.29, 1.82) is 0 Å². The molecule has 1 unspecified atom stereocenters. The summed E-state index contributed by atoms with van der Waals surface area (Å²) in [4.78, 5) is 31.9. The zero-order valence-electron chi connectivity index (χ0n) is 21.0. The van der Waals surface area contributed by atoms with Gasteiger partial charge in [-0.15, -0.1) is 10.2 Å². The van der Waals surface area contributed by atoms with Gasteiger partial charge in [-0.1, -0.05) is 6.42 Å². The van der Waals surface area contributed by atoms with Crippen LogP contribution in [0.2, 0.25) is 0 Å². The molecule has 9 nitrogen and oxygen atoms in total. The maximum absolute atomic E-state index is 13.1. The zero-order chi connectivity index (χ0) is 24.9. The molecule has 1 atom stereocenters. The number of aromatic nitrogens is 2. The van der Waals surface area contributed by atoms with Crippen molar-refractivity contribution in [2.75, 3.05) is 57.9 Å². The third-order valence-corrected chi connectivity index (χ3v) is 7.53. The number of piperazine rings is 1. The van der Waals surface area contributed by atoms with Crippen LogP contribution in [0.15, 0.2) is 36.4 Å². The van der Waals surface area contributed by atoms with Crippen LogP contribution in [-0.2, 0) is 14.3 Å². The van der Waals surface area contributed by atoms with Gasteiger partial charge < -0.3 is 24.2 Å². The second-order valence-electron chi connectivity index (χ2n) is 9.85. The van der Waals surface area contributed by atoms with Gasteiger partial charge in [0.25, 0.3) is 0 Å². The number of hydrogen-bond acceptors (Lipinski definition) is 7. The van der Waals surface area contributed by atoms with Crippen LogP contribution in [0.1, 0.15) is 32.1 Å². The van der Waals surface area contributed by atoms with E-state index in [2.05, 4.69) is 15.1 Å². The molecule has 1 aromatic carbocycles. The predicted octanol–water partition coefficient (Wildman–Crippen LogP) is 2.61. The molecular formula is C27H35N5O4. The maximum Gasteiger partial charge on any atom is 0.242 e. The minimum atomic E-state index is 0.0151. The highest BCUT2D eigenvalue weighted by molar-refractivity contribution is 5.86. The first-order chi connectivity index (χ1) is 17.6. The van der Waals surface area contributed by atoms with Crippen molar-refractivity contribution < 1.29 is 19.1 Å². The number of rotatable bonds is 8. The van der Waals surface area contributed by atoms with Gasteiger partial charge in [0.05, 0.1) is 25.5 Å². The van der Waals surface area contributed by atoms with Crippen molar-refractivity contribution >= 4 is 17.6 Å². The summed E-state index contributed by atoms with van der Waals surface area (Å²) in [5, 5.41) is 8.83. The average molecular weight is 494 g/mol. The highest BCUT2D eigenvalue weighted by Crippen LogP contribution is 2.29. The Balaban J connectivity index is 1.15. The van der Waals surface area contributed by atoms with Gasteiger partial charge in [-0.3, -0.25) is 9.59 Å². The fraction of sp³-hybridized carbons (Fsp3) is 0.556. The van der Waals surface area contributed by atoms with E-state index in [-0.39, 0.29) is 30.4 Å². The fourth-order valence-corrected chi connectivity index (χ4v) is 5.04. The van der Waals surface area contributed by atoms with E-state index in [1.54, 1.807) is 12.0 Å². The van der Waals surface area contributed by atoms with Crippen molar-refractivity contribution in [2.45, 2.75) is 38.2 Å². The van der Waals surface area contributed by atoms with Crippen molar-refractivity contribution in [2.24, 2.45) is 5.92 Å². The van der Waals surface area contributed by atoms with Gasteiger partial charge in [0.2, 0.25) is 11.8 Å². The lowest BCUT2D eigenvalue weighted by molar-refractivity contribution is -0.146. The molecule has 3 fully saturated rings. The first-order valence-electron chi connectivity index (χ1n) is 13.0. The first kappa shape index (κ1) is 24.5. The molecule has 2 aromatic rings. The number of hydrogen-bond donors (Lipinski definition) is 0. The van der Waals surface area contributed by atoms with E-state index < -0.39 is 0 Å². The van der Waals surface area contributed by atoms with E-state index in [0.29, 0.717) is 32.7 Å². The molecule has 5 rings (SSSR count). The number of ether oxygens (including phenoxy) is 2. The molecule has 2 aliphatic heterocycles. The Morgan fingerprint density at radius 2 is 1.78 bits per heavy atom. The number of benzene rings is 1. The summed E-state index contributed by atoms with van der Waals surface area (Å²) >= 11 is 0. The second-order valence-corrected chi connectivity index (χ2v) is 9.85. The van der Waals surface area contributed by atoms with E-state index in [1.807, 2.05) is 41.3 Å². The molecule has 3 heterocycles. The van der Waals surface area contributed by atoms with Gasteiger partial charge in [0.1, 0.15) is 5.75 Å². The summed E-state index contributed by atoms with van der Waals surface area (Å²) < 4.78 is 11.0. The molecule has 3 aliphatic rings. The van der Waals surface area contributed by atoms with Crippen LogP contribution < -0.4 is 9.64 Å². The van der Waals surface area contributed by atoms with Gasteiger partial charge >= 0.3 is 0 Å². The molecule has 36 heavy (non-hydrogen) atoms. The third-order valence-electron chi connectivity index (χ3n) is 7.53. The molecule has 192 valence electrons. The molecule has 1 aromatic heterocycles. The van der Waals surface area contributed by atoms with Crippen molar-refractivity contribution in [3.05, 3.63) is 36.4 Å². The molecular weight excluding hydrogens is 458 g/mol. The van der Waals surface area contributed by atoms with Gasteiger partial charge in [0, 0.05) is 50.8 Å². The van der Waals surface area contributed by atoms with Crippen molar-refractivity contribution in [3.8, 4) is 17.0 Å². The summed E-state index contributed by atoms with van der Waals surface area (Å²) in [6.07, 6.45) is 5.01. The smallest absolute Gasteiger partial charge is 0.242 e. The predicted molar refractivity (Wildman–Crippen MR) is 136 cm³/mol. The normalized spacial score (nSPS) is 20.2. The van der Waals surface area contributed by atoms with Crippen molar-refractivity contribution in [3.63, 3.8) is 0 Å². The Morgan fingerprint density at radius 1 is 1.00 bits per heavy atom. The zero-order valence-corrected chi connectivity index (χ0v) is 21.0. The number of amides is 2. The number of anilines is 1. The summed E-state index contributed by atoms with van der Waals surface area (Å²) in [5.74, 6) is 1.82. The van der Waals surface area contributed by atoms with E-state index in [1.165, 1.54) is 0 Å². The topological polar surface area (TPSA) is 88.1 Å². The highest BCUT2D eigenvalue weighted by atomic mass is 16.5. The van der Waals surface area contributed by atoms with Gasteiger partial charge in [-0.25, -0.2) is 0 Å². The summed E-state index contributed by atoms with van der Waals surface area (Å²) in [6, 6.07) is 11.7. The van der Waals surface area contributed by atoms with Crippen LogP contribution in [0.4, 0.5) is 5.82 Å². The Hall–Kier alpha value is -3.20. The second kappa shape index (κ2) is 11.2. The molecule has 2 amide bonds. The molecule has 0 radical (unpaired) electrons. The fourth-order valence-electron chi connectivity index (χ4n) is 5.04. The Labute approximate surface area is 212 Å². The summed E-state index contributed by atoms with van der Waals surface area (Å²) in [5.41, 5.74) is 1.78. The van der Waals surface area contributed by atoms with Crippen LogP contribution in [-0.4, -0.2) is 90.9 Å². The lowest BCUT2D eigenvalue weighted by Crippen LogP contribution is -2.53. The number of carbonyl (C=O) groups excluding carboxylic acids is 2. The number of nitrogens with zero attached hydrogens (tertiary/aromatic N) is 5. The lowest BCUT2D eigenvalue weighted by atomic mass is 9.84. The number of methoxy groups -OCH3 is 1. The largest absolute Gasteiger partial charge is 0.497 e. The summed E-state index contributed by atoms with van der Waals surface area (Å²) in [6.45, 7) is 3.99. The Morgan fingerprint density at radius 3 is 2.36 bits per heavy atom. The van der Waals surface area contributed by atoms with E-state index >= 15 is 0 Å². The van der Waals surface area contributed by atoms with E-state index in [0.717, 1.165) is 61.5 Å². The SMILES string of the molecule is COc1ccc(-c2ccc(N3CCN(C(=O)CN(CC4CCCO4)C(=O)C4CCC4)CC3)nn2)cc1. The van der Waals surface area contributed by atoms with Gasteiger partial charge in [-0.05, 0) is 62.1 Å². The lowest BCUT2D eigenvalue weighted by Gasteiger charge is -2.37. The van der Waals surface area contributed by atoms with Crippen LogP contribution in [0.5, 0.6) is 5.75 Å². The molecule has 0 N–H and O–H groups in total. The molecule has 9 heteroatoms. The molecule has 2 saturated heterocycles. The summed E-state index contributed by atoms with van der Waals surface area (Å²) in [7, 11) is 1.65. The molecule has 1 aliphatic carbocycles. The highest BCUT2D eigenvalue weighted by Gasteiger charge is 2.33. The molecule has 1 saturated carbocycles. The van der Waals surface area contributed by atoms with Gasteiger partial charge in [0.15, 0.2) is 5.82 Å². The van der Waals surface area contributed by atoms with Crippen LogP contribution in [0, 0.1) is 5.92 Å². The van der Waals surface area contributed by atoms with Crippen molar-refractivity contribution in [1.82, 2.24) is 20.0 Å². The quantitative estimate of drug-likeness (QED) is 0.559. The minimum Gasteiger partial charge on any atom is -0.497 e. The van der Waals surface area contributed by atoms with E-state index in [4.69, 9.17) is 9.47 Å². The monoisotopic (exact) mass is 493 g/mol. The molecule has 0 bridgehead atoms. The minimum absolute atomic E-state index is 0.0151. The maximum atomic E-state index is 13.1.